The Labute approximate surface area is 351 Å². The third-order valence-electron chi connectivity index (χ3n) is 11.1. The first-order valence-corrected chi connectivity index (χ1v) is 19.6. The topological polar surface area (TPSA) is 445 Å². The molecule has 5 aliphatic heterocycles. The van der Waals surface area contributed by atoms with Crippen LogP contribution in [-0.2, 0) is 52.2 Å². The van der Waals surface area contributed by atoms with Crippen LogP contribution in [0.2, 0.25) is 0 Å². The summed E-state index contributed by atoms with van der Waals surface area (Å²) in [6.07, 6.45) is -42.3. The molecule has 1 unspecified atom stereocenters. The van der Waals surface area contributed by atoms with Crippen LogP contribution in [0.4, 0.5) is 0 Å². The molecule has 62 heavy (non-hydrogen) atoms. The zero-order valence-electron chi connectivity index (χ0n) is 33.2. The molecule has 5 aliphatic rings. The van der Waals surface area contributed by atoms with Crippen molar-refractivity contribution in [3.63, 3.8) is 0 Å². The number of carbonyl (C=O) groups is 2. The quantitative estimate of drug-likeness (QED) is 0.0725. The van der Waals surface area contributed by atoms with Crippen LogP contribution in [0.25, 0.3) is 0 Å². The maximum Gasteiger partial charge on any atom is 0.217 e. The van der Waals surface area contributed by atoms with E-state index in [0.717, 1.165) is 13.8 Å². The van der Waals surface area contributed by atoms with Crippen LogP contribution in [-0.4, -0.2) is 275 Å². The van der Waals surface area contributed by atoms with Crippen LogP contribution in [0.15, 0.2) is 0 Å². The van der Waals surface area contributed by atoms with Gasteiger partial charge in [-0.1, -0.05) is 0 Å². The molecule has 5 rings (SSSR count). The van der Waals surface area contributed by atoms with Gasteiger partial charge in [-0.3, -0.25) is 9.59 Å². The number of hydrogen-bond donors (Lipinski definition) is 17. The Morgan fingerprint density at radius 3 is 1.35 bits per heavy atom. The summed E-state index contributed by atoms with van der Waals surface area (Å²) in [6.45, 7) is -2.31. The second-order valence-electron chi connectivity index (χ2n) is 15.5. The van der Waals surface area contributed by atoms with Crippen molar-refractivity contribution in [3.8, 4) is 0 Å². The van der Waals surface area contributed by atoms with E-state index in [9.17, 15) is 86.2 Å². The normalized spacial score (nSPS) is 49.0. The van der Waals surface area contributed by atoms with Gasteiger partial charge in [-0.25, -0.2) is 0 Å². The van der Waals surface area contributed by atoms with Crippen LogP contribution >= 0.6 is 0 Å². The second-order valence-corrected chi connectivity index (χ2v) is 15.5. The van der Waals surface area contributed by atoms with Crippen molar-refractivity contribution in [1.29, 1.82) is 0 Å². The lowest BCUT2D eigenvalue weighted by Gasteiger charge is -2.50. The van der Waals surface area contributed by atoms with Crippen molar-refractivity contribution in [1.82, 2.24) is 10.6 Å². The molecule has 17 N–H and O–H groups in total. The molecule has 0 spiro atoms. The third-order valence-corrected chi connectivity index (χ3v) is 11.1. The van der Waals surface area contributed by atoms with E-state index in [4.69, 9.17) is 42.6 Å². The average molecular weight is 911 g/mol. The summed E-state index contributed by atoms with van der Waals surface area (Å²) in [4.78, 5) is 24.2. The minimum Gasteiger partial charge on any atom is -0.394 e. The lowest BCUT2D eigenvalue weighted by atomic mass is 9.94. The molecule has 25 atom stereocenters. The van der Waals surface area contributed by atoms with Crippen LogP contribution in [0.5, 0.6) is 0 Å². The highest BCUT2D eigenvalue weighted by Crippen LogP contribution is 2.35. The molecule has 2 amide bonds. The van der Waals surface area contributed by atoms with Crippen LogP contribution in [0.1, 0.15) is 13.8 Å². The molecule has 28 nitrogen and oxygen atoms in total. The molecule has 360 valence electrons. The first-order valence-electron chi connectivity index (χ1n) is 19.6. The van der Waals surface area contributed by atoms with E-state index >= 15 is 0 Å². The first-order chi connectivity index (χ1) is 29.3. The summed E-state index contributed by atoms with van der Waals surface area (Å²) < 4.78 is 50.8. The molecule has 0 saturated carbocycles. The van der Waals surface area contributed by atoms with Crippen molar-refractivity contribution >= 4 is 11.8 Å². The van der Waals surface area contributed by atoms with E-state index < -0.39 is 198 Å². The van der Waals surface area contributed by atoms with E-state index in [-0.39, 0.29) is 0 Å². The predicted octanol–water partition coefficient (Wildman–Crippen LogP) is -11.6. The molecule has 5 heterocycles. The van der Waals surface area contributed by atoms with Gasteiger partial charge in [-0.2, -0.15) is 0 Å². The van der Waals surface area contributed by atoms with Crippen molar-refractivity contribution in [3.05, 3.63) is 0 Å². The highest BCUT2D eigenvalue weighted by atomic mass is 16.8. The molecule has 0 aromatic carbocycles. The number of hydrogen-bond acceptors (Lipinski definition) is 26. The minimum absolute atomic E-state index is 0.693. The maximum absolute atomic E-state index is 12.4. The monoisotopic (exact) mass is 910 g/mol. The van der Waals surface area contributed by atoms with Gasteiger partial charge in [-0.15, -0.1) is 0 Å². The Kier molecular flexibility index (Phi) is 18.1. The number of nitrogens with one attached hydrogen (secondary N) is 2. The first kappa shape index (κ1) is 51.0. The summed E-state index contributed by atoms with van der Waals surface area (Å²) in [6, 6.07) is -3.19. The van der Waals surface area contributed by atoms with Gasteiger partial charge in [0.05, 0.1) is 33.0 Å². The van der Waals surface area contributed by atoms with E-state index in [1.165, 1.54) is 0 Å². The lowest BCUT2D eigenvalue weighted by Crippen LogP contribution is -2.70. The Morgan fingerprint density at radius 2 is 0.823 bits per heavy atom. The van der Waals surface area contributed by atoms with Gasteiger partial charge < -0.3 is 130 Å². The molecule has 0 aliphatic carbocycles. The van der Waals surface area contributed by atoms with Crippen LogP contribution in [0, 0.1) is 0 Å². The summed E-state index contributed by atoms with van der Waals surface area (Å²) in [5.74, 6) is -1.49. The van der Waals surface area contributed by atoms with E-state index in [0.29, 0.717) is 0 Å². The fourth-order valence-corrected chi connectivity index (χ4v) is 7.73. The van der Waals surface area contributed by atoms with E-state index in [1.807, 2.05) is 0 Å². The number of rotatable bonds is 15. The summed E-state index contributed by atoms with van der Waals surface area (Å²) in [7, 11) is 0. The van der Waals surface area contributed by atoms with Gasteiger partial charge in [0, 0.05) is 13.8 Å². The second kappa shape index (κ2) is 22.0. The smallest absolute Gasteiger partial charge is 0.217 e. The Morgan fingerprint density at radius 1 is 0.419 bits per heavy atom. The maximum atomic E-state index is 12.4. The number of carbonyl (C=O) groups excluding carboxylic acids is 2. The van der Waals surface area contributed by atoms with Crippen LogP contribution in [0.3, 0.4) is 0 Å². The molecule has 28 heteroatoms. The van der Waals surface area contributed by atoms with Gasteiger partial charge in [0.2, 0.25) is 11.8 Å². The fraction of sp³-hybridized carbons (Fsp3) is 0.941. The van der Waals surface area contributed by atoms with Crippen molar-refractivity contribution in [2.24, 2.45) is 0 Å². The zero-order valence-corrected chi connectivity index (χ0v) is 33.2. The van der Waals surface area contributed by atoms with Crippen molar-refractivity contribution in [2.75, 3.05) is 33.0 Å². The van der Waals surface area contributed by atoms with Crippen molar-refractivity contribution < 1.29 is 129 Å². The fourth-order valence-electron chi connectivity index (χ4n) is 7.73. The third kappa shape index (κ3) is 11.0. The van der Waals surface area contributed by atoms with Gasteiger partial charge in [0.15, 0.2) is 31.5 Å². The molecule has 0 aromatic heterocycles. The zero-order chi connectivity index (χ0) is 45.9. The number of aliphatic hydroxyl groups is 15. The summed E-state index contributed by atoms with van der Waals surface area (Å²) in [5, 5.41) is 163. The van der Waals surface area contributed by atoms with Gasteiger partial charge in [0.1, 0.15) is 122 Å². The highest BCUT2D eigenvalue weighted by Gasteiger charge is 2.56. The Hall–Kier alpha value is -2.02. The lowest BCUT2D eigenvalue weighted by molar-refractivity contribution is -0.384. The summed E-state index contributed by atoms with van der Waals surface area (Å²) in [5.41, 5.74) is 0. The molecular weight excluding hydrogens is 852 g/mol. The Balaban J connectivity index is 1.41. The van der Waals surface area contributed by atoms with E-state index in [2.05, 4.69) is 10.6 Å². The number of ether oxygens (including phenoxy) is 9. The molecule has 0 bridgehead atoms. The molecule has 0 aromatic rings. The predicted molar refractivity (Wildman–Crippen MR) is 190 cm³/mol. The molecule has 5 fully saturated rings. The van der Waals surface area contributed by atoms with Gasteiger partial charge >= 0.3 is 0 Å². The summed E-state index contributed by atoms with van der Waals surface area (Å²) >= 11 is 0. The molecular formula is C34H58N2O26. The van der Waals surface area contributed by atoms with Crippen molar-refractivity contribution in [2.45, 2.75) is 167 Å². The SMILES string of the molecule is CC(=O)N[C@H]1[C@H](O[C@H]2[C@H](O)[C@@H](NC(C)=O)C(O)O[C@@H]2CO)O[C@H](CO)[C@@H](O[C@@H]2O[C@H](CO[C@@H]3O[C@H](CO)[C@H](O)[C@H](O)[C@H]3O)[C@@H](O)[C@H](O[C@H]3O[C@H](CO)[C@@H](O)[C@H](O)[C@@H]3O)[C@@H]2O)[C@@H]1O. The molecule has 0 radical (unpaired) electrons. The number of aliphatic hydroxyl groups excluding tert-OH is 15. The van der Waals surface area contributed by atoms with E-state index in [1.54, 1.807) is 0 Å². The highest BCUT2D eigenvalue weighted by molar-refractivity contribution is 5.73. The molecule has 5 saturated heterocycles. The minimum atomic E-state index is -2.18. The largest absolute Gasteiger partial charge is 0.394 e. The van der Waals surface area contributed by atoms with Crippen LogP contribution < -0.4 is 10.6 Å². The van der Waals surface area contributed by atoms with Gasteiger partial charge in [0.25, 0.3) is 0 Å². The van der Waals surface area contributed by atoms with Gasteiger partial charge in [-0.05, 0) is 0 Å². The Bertz CT molecular complexity index is 1440. The average Bonchev–Trinajstić information content (AvgIpc) is 3.23. The standard InChI is InChI=1S/C34H58N2O26/c1-8(41)35-15-20(46)27(12(5-39)55-30(15)53)60-31-16(36-9(2)42)21(47)28(13(6-40)58-31)61-34-26(52)29(62-33-25(51)23(49)18(44)11(4-38)57-33)19(45)14(59-34)7-54-32-24(50)22(48)17(43)10(3-37)56-32/h10-34,37-40,43-53H,3-7H2,1-2H3,(H,35,41)(H,36,42)/t10-,11-,12-,13-,14-,15-,16-,17+,18-,19-,20-,21-,22+,23+,24-,25+,26+,27-,28-,29+,30?,31+,32-,33-,34+/m1/s1. The number of amides is 2.